The third-order valence-electron chi connectivity index (χ3n) is 2.75. The number of fused-ring (bicyclic) bond motifs is 1. The van der Waals surface area contributed by atoms with Gasteiger partial charge in [0.25, 0.3) is 0 Å². The average Bonchev–Trinajstić information content (AvgIpc) is 2.58. The highest BCUT2D eigenvalue weighted by Gasteiger charge is 2.19. The number of thiophene rings is 1. The summed E-state index contributed by atoms with van der Waals surface area (Å²) in [6, 6.07) is 6.21. The zero-order chi connectivity index (χ0) is 11.9. The molecule has 2 N–H and O–H groups in total. The van der Waals surface area contributed by atoms with Gasteiger partial charge in [-0.2, -0.15) is 0 Å². The molecule has 0 amide bonds. The molecule has 0 aliphatic rings. The van der Waals surface area contributed by atoms with Crippen LogP contribution in [-0.4, -0.2) is 17.2 Å². The predicted molar refractivity (Wildman–Crippen MR) is 70.4 cm³/mol. The van der Waals surface area contributed by atoms with Crippen molar-refractivity contribution in [3.8, 4) is 0 Å². The molecule has 0 unspecified atom stereocenters. The summed E-state index contributed by atoms with van der Waals surface area (Å²) in [4.78, 5) is 0. The molecule has 0 bridgehead atoms. The summed E-state index contributed by atoms with van der Waals surface area (Å²) in [7, 11) is -1.39. The van der Waals surface area contributed by atoms with Crippen molar-refractivity contribution >= 4 is 34.0 Å². The van der Waals surface area contributed by atoms with Gasteiger partial charge in [-0.3, -0.25) is 0 Å². The van der Waals surface area contributed by atoms with E-state index in [1.807, 2.05) is 11.4 Å². The zero-order valence-electron chi connectivity index (χ0n) is 9.69. The molecule has 0 aliphatic carbocycles. The Labute approximate surface area is 99.7 Å². The van der Waals surface area contributed by atoms with E-state index in [4.69, 9.17) is 0 Å². The van der Waals surface area contributed by atoms with Crippen molar-refractivity contribution in [3.05, 3.63) is 29.1 Å². The smallest absolute Gasteiger partial charge is 0.423 e. The second-order valence-corrected chi connectivity index (χ2v) is 5.94. The maximum absolute atomic E-state index is 9.27. The van der Waals surface area contributed by atoms with E-state index in [1.165, 1.54) is 5.56 Å². The third-order valence-corrected chi connectivity index (χ3v) is 3.73. The fourth-order valence-corrected chi connectivity index (χ4v) is 2.67. The molecule has 1 aromatic carbocycles. The van der Waals surface area contributed by atoms with Crippen molar-refractivity contribution in [2.45, 2.75) is 26.2 Å². The lowest BCUT2D eigenvalue weighted by Crippen LogP contribution is -2.28. The van der Waals surface area contributed by atoms with E-state index < -0.39 is 7.12 Å². The van der Waals surface area contributed by atoms with Crippen LogP contribution >= 0.6 is 11.3 Å². The lowest BCUT2D eigenvalue weighted by atomic mass is 9.78. The summed E-state index contributed by atoms with van der Waals surface area (Å²) in [5.74, 6) is 0. The van der Waals surface area contributed by atoms with Crippen LogP contribution in [0.2, 0.25) is 0 Å². The standard InChI is InChI=1S/C12H15BO2S/c1-12(2,3)8-4-5-11-9(6-8)10(7-16-11)13(14)15/h4-7,14-15H,1-3H3. The van der Waals surface area contributed by atoms with Crippen LogP contribution in [0.3, 0.4) is 0 Å². The van der Waals surface area contributed by atoms with Gasteiger partial charge in [-0.05, 0) is 27.8 Å². The molecule has 16 heavy (non-hydrogen) atoms. The van der Waals surface area contributed by atoms with Gasteiger partial charge in [-0.25, -0.2) is 0 Å². The van der Waals surface area contributed by atoms with E-state index in [0.717, 1.165) is 10.1 Å². The Morgan fingerprint density at radius 2 is 1.88 bits per heavy atom. The molecular weight excluding hydrogens is 219 g/mol. The molecule has 1 aromatic heterocycles. The highest BCUT2D eigenvalue weighted by Crippen LogP contribution is 2.27. The minimum absolute atomic E-state index is 0.0772. The largest absolute Gasteiger partial charge is 0.489 e. The Kier molecular flexibility index (Phi) is 2.82. The highest BCUT2D eigenvalue weighted by molar-refractivity contribution is 7.18. The first kappa shape index (κ1) is 11.6. The highest BCUT2D eigenvalue weighted by atomic mass is 32.1. The number of rotatable bonds is 1. The average molecular weight is 234 g/mol. The second kappa shape index (κ2) is 3.88. The van der Waals surface area contributed by atoms with Crippen LogP contribution in [0.1, 0.15) is 26.3 Å². The summed E-state index contributed by atoms with van der Waals surface area (Å²) < 4.78 is 1.09. The van der Waals surface area contributed by atoms with Crippen LogP contribution < -0.4 is 5.46 Å². The van der Waals surface area contributed by atoms with Crippen LogP contribution in [0.25, 0.3) is 10.1 Å². The molecule has 2 aromatic rings. The number of hydrogen-bond donors (Lipinski definition) is 2. The van der Waals surface area contributed by atoms with Gasteiger partial charge >= 0.3 is 7.12 Å². The quantitative estimate of drug-likeness (QED) is 0.739. The Morgan fingerprint density at radius 3 is 2.44 bits per heavy atom. The topological polar surface area (TPSA) is 40.5 Å². The van der Waals surface area contributed by atoms with Gasteiger partial charge in [0.05, 0.1) is 0 Å². The maximum atomic E-state index is 9.27. The van der Waals surface area contributed by atoms with Crippen LogP contribution in [0.15, 0.2) is 23.6 Å². The molecule has 0 saturated heterocycles. The molecule has 1 heterocycles. The first-order valence-corrected chi connectivity index (χ1v) is 6.15. The SMILES string of the molecule is CC(C)(C)c1ccc2scc(B(O)O)c2c1. The van der Waals surface area contributed by atoms with Gasteiger partial charge in [-0.1, -0.05) is 32.9 Å². The number of hydrogen-bond acceptors (Lipinski definition) is 3. The first-order valence-electron chi connectivity index (χ1n) is 5.27. The van der Waals surface area contributed by atoms with Gasteiger partial charge in [0, 0.05) is 10.2 Å². The van der Waals surface area contributed by atoms with Crippen molar-refractivity contribution in [1.29, 1.82) is 0 Å². The molecule has 0 radical (unpaired) electrons. The lowest BCUT2D eigenvalue weighted by molar-refractivity contribution is 0.426. The van der Waals surface area contributed by atoms with Crippen LogP contribution in [-0.2, 0) is 5.41 Å². The molecule has 2 nitrogen and oxygen atoms in total. The summed E-state index contributed by atoms with van der Waals surface area (Å²) in [5, 5.41) is 21.3. The lowest BCUT2D eigenvalue weighted by Gasteiger charge is -2.19. The van der Waals surface area contributed by atoms with E-state index in [2.05, 4.69) is 32.9 Å². The van der Waals surface area contributed by atoms with Crippen molar-refractivity contribution in [3.63, 3.8) is 0 Å². The van der Waals surface area contributed by atoms with Crippen molar-refractivity contribution in [2.75, 3.05) is 0 Å². The maximum Gasteiger partial charge on any atom is 0.489 e. The van der Waals surface area contributed by atoms with Gasteiger partial charge in [0.15, 0.2) is 0 Å². The monoisotopic (exact) mass is 234 g/mol. The molecule has 0 fully saturated rings. The Bertz CT molecular complexity index is 511. The van der Waals surface area contributed by atoms with Crippen LogP contribution in [0, 0.1) is 0 Å². The summed E-state index contributed by atoms with van der Waals surface area (Å²) in [6.45, 7) is 6.45. The van der Waals surface area contributed by atoms with E-state index >= 15 is 0 Å². The van der Waals surface area contributed by atoms with E-state index in [1.54, 1.807) is 11.3 Å². The molecule has 84 valence electrons. The summed E-state index contributed by atoms with van der Waals surface area (Å²) in [6.07, 6.45) is 0. The minimum Gasteiger partial charge on any atom is -0.423 e. The first-order chi connectivity index (χ1) is 7.39. The van der Waals surface area contributed by atoms with Gasteiger partial charge in [-0.15, -0.1) is 11.3 Å². The van der Waals surface area contributed by atoms with Crippen molar-refractivity contribution in [2.24, 2.45) is 0 Å². The minimum atomic E-state index is -1.39. The van der Waals surface area contributed by atoms with Crippen LogP contribution in [0.4, 0.5) is 0 Å². The Hall–Kier alpha value is -0.835. The fraction of sp³-hybridized carbons (Fsp3) is 0.333. The molecule has 4 heteroatoms. The van der Waals surface area contributed by atoms with Gasteiger partial charge in [0.2, 0.25) is 0 Å². The number of benzene rings is 1. The summed E-state index contributed by atoms with van der Waals surface area (Å²) in [5.41, 5.74) is 1.89. The molecule has 2 rings (SSSR count). The Balaban J connectivity index is 2.63. The van der Waals surface area contributed by atoms with Gasteiger partial charge in [0.1, 0.15) is 0 Å². The second-order valence-electron chi connectivity index (χ2n) is 5.03. The van der Waals surface area contributed by atoms with E-state index in [9.17, 15) is 10.0 Å². The van der Waals surface area contributed by atoms with Crippen molar-refractivity contribution in [1.82, 2.24) is 0 Å². The molecule has 0 aliphatic heterocycles. The normalized spacial score (nSPS) is 12.1. The predicted octanol–water partition coefficient (Wildman–Crippen LogP) is 1.88. The molecule has 0 spiro atoms. The van der Waals surface area contributed by atoms with E-state index in [-0.39, 0.29) is 5.41 Å². The molecule has 0 atom stereocenters. The van der Waals surface area contributed by atoms with Crippen LogP contribution in [0.5, 0.6) is 0 Å². The molecular formula is C12H15BO2S. The fourth-order valence-electron chi connectivity index (χ4n) is 1.72. The molecule has 0 saturated carbocycles. The van der Waals surface area contributed by atoms with E-state index in [0.29, 0.717) is 5.46 Å². The third kappa shape index (κ3) is 2.01. The Morgan fingerprint density at radius 1 is 1.19 bits per heavy atom. The van der Waals surface area contributed by atoms with Gasteiger partial charge < -0.3 is 10.0 Å². The van der Waals surface area contributed by atoms with Crippen molar-refractivity contribution < 1.29 is 10.0 Å². The summed E-state index contributed by atoms with van der Waals surface area (Å²) >= 11 is 1.54. The zero-order valence-corrected chi connectivity index (χ0v) is 10.5.